The van der Waals surface area contributed by atoms with Gasteiger partial charge in [-0.05, 0) is 12.8 Å². The zero-order valence-electron chi connectivity index (χ0n) is 18.0. The van der Waals surface area contributed by atoms with Gasteiger partial charge in [0.05, 0.1) is 18.8 Å². The van der Waals surface area contributed by atoms with Crippen LogP contribution in [0.5, 0.6) is 0 Å². The Morgan fingerprint density at radius 3 is 1.79 bits per heavy atom. The molecule has 1 heterocycles. The Hall–Kier alpha value is -0.880. The topological polar surface area (TPSA) is 63.2 Å². The minimum Gasteiger partial charge on any atom is -0.286 e. The van der Waals surface area contributed by atoms with Gasteiger partial charge >= 0.3 is 0 Å². The molecule has 164 valence electrons. The SMILES string of the molecule is CCCCCCCCCCCCCCCCn1cc[n+](CCCS(=O)(=O)O)c1. The van der Waals surface area contributed by atoms with Gasteiger partial charge in [-0.1, -0.05) is 84.0 Å². The highest BCUT2D eigenvalue weighted by atomic mass is 32.2. The summed E-state index contributed by atoms with van der Waals surface area (Å²) in [6, 6.07) is 0. The molecule has 0 aliphatic carbocycles. The van der Waals surface area contributed by atoms with Crippen molar-refractivity contribution in [2.75, 3.05) is 5.75 Å². The second kappa shape index (κ2) is 16.0. The van der Waals surface area contributed by atoms with Crippen molar-refractivity contribution in [3.8, 4) is 0 Å². The van der Waals surface area contributed by atoms with Crippen LogP contribution >= 0.6 is 0 Å². The molecule has 0 radical (unpaired) electrons. The molecule has 1 aromatic rings. The third kappa shape index (κ3) is 15.1. The van der Waals surface area contributed by atoms with Gasteiger partial charge in [-0.15, -0.1) is 0 Å². The zero-order valence-corrected chi connectivity index (χ0v) is 18.8. The molecular weight excluding hydrogens is 372 g/mol. The quantitative estimate of drug-likeness (QED) is 0.183. The van der Waals surface area contributed by atoms with Crippen LogP contribution in [0.15, 0.2) is 18.7 Å². The van der Waals surface area contributed by atoms with E-state index in [1.54, 1.807) is 0 Å². The van der Waals surface area contributed by atoms with Gasteiger partial charge in [-0.25, -0.2) is 9.13 Å². The predicted octanol–water partition coefficient (Wildman–Crippen LogP) is 5.53. The van der Waals surface area contributed by atoms with E-state index in [-0.39, 0.29) is 5.75 Å². The fourth-order valence-electron chi connectivity index (χ4n) is 3.62. The maximum absolute atomic E-state index is 10.7. The monoisotopic (exact) mass is 415 g/mol. The standard InChI is InChI=1S/C22H42N2O3S/c1-2-3-4-5-6-7-8-9-10-11-12-13-14-15-17-23-19-20-24(22-23)18-16-21-28(25,26)27/h19-20,22H,2-18,21H2,1H3/p+1. The number of unbranched alkanes of at least 4 members (excludes halogenated alkanes) is 13. The molecule has 0 bridgehead atoms. The van der Waals surface area contributed by atoms with E-state index >= 15 is 0 Å². The summed E-state index contributed by atoms with van der Waals surface area (Å²) < 4.78 is 34.3. The number of nitrogens with zero attached hydrogens (tertiary/aromatic N) is 2. The van der Waals surface area contributed by atoms with E-state index in [0.29, 0.717) is 13.0 Å². The van der Waals surface area contributed by atoms with Crippen LogP contribution in [0.3, 0.4) is 0 Å². The van der Waals surface area contributed by atoms with Crippen molar-refractivity contribution < 1.29 is 17.5 Å². The van der Waals surface area contributed by atoms with Crippen LogP contribution in [0, 0.1) is 0 Å². The number of aryl methyl sites for hydroxylation is 2. The van der Waals surface area contributed by atoms with Crippen LogP contribution in [0.1, 0.15) is 103 Å². The minimum atomic E-state index is -3.84. The summed E-state index contributed by atoms with van der Waals surface area (Å²) in [6.45, 7) is 3.91. The van der Waals surface area contributed by atoms with Gasteiger partial charge in [0.1, 0.15) is 12.4 Å². The van der Waals surface area contributed by atoms with E-state index in [2.05, 4.69) is 11.5 Å². The Morgan fingerprint density at radius 2 is 1.29 bits per heavy atom. The van der Waals surface area contributed by atoms with Gasteiger partial charge in [-0.3, -0.25) is 4.55 Å². The lowest BCUT2D eigenvalue weighted by molar-refractivity contribution is -0.696. The van der Waals surface area contributed by atoms with E-state index in [1.165, 1.54) is 89.9 Å². The number of rotatable bonds is 19. The first kappa shape index (κ1) is 25.2. The molecule has 0 saturated carbocycles. The normalized spacial score (nSPS) is 11.9. The summed E-state index contributed by atoms with van der Waals surface area (Å²) >= 11 is 0. The van der Waals surface area contributed by atoms with Crippen LogP contribution in [-0.4, -0.2) is 23.3 Å². The Morgan fingerprint density at radius 1 is 0.786 bits per heavy atom. The van der Waals surface area contributed by atoms with Crippen LogP contribution in [0.4, 0.5) is 0 Å². The Labute approximate surface area is 173 Å². The van der Waals surface area contributed by atoms with Gasteiger partial charge in [-0.2, -0.15) is 8.42 Å². The minimum absolute atomic E-state index is 0.176. The molecule has 0 saturated heterocycles. The number of aromatic nitrogens is 2. The number of hydrogen-bond donors (Lipinski definition) is 1. The van der Waals surface area contributed by atoms with Crippen LogP contribution in [0.25, 0.3) is 0 Å². The second-order valence-corrected chi connectivity index (χ2v) is 9.70. The van der Waals surface area contributed by atoms with Gasteiger partial charge in [0.15, 0.2) is 0 Å². The van der Waals surface area contributed by atoms with Gasteiger partial charge in [0.2, 0.25) is 6.33 Å². The first-order chi connectivity index (χ1) is 13.5. The van der Waals surface area contributed by atoms with Crippen molar-refractivity contribution >= 4 is 10.1 Å². The predicted molar refractivity (Wildman–Crippen MR) is 116 cm³/mol. The lowest BCUT2D eigenvalue weighted by Gasteiger charge is -2.03. The molecule has 0 amide bonds. The smallest absolute Gasteiger partial charge is 0.265 e. The fraction of sp³-hybridized carbons (Fsp3) is 0.864. The molecule has 0 aliphatic heterocycles. The number of imidazole rings is 1. The highest BCUT2D eigenvalue weighted by molar-refractivity contribution is 7.85. The molecule has 0 atom stereocenters. The third-order valence-corrected chi connectivity index (χ3v) is 6.14. The summed E-state index contributed by atoms with van der Waals surface area (Å²) in [5, 5.41) is 0. The lowest BCUT2D eigenvalue weighted by Crippen LogP contribution is -2.32. The molecule has 0 spiro atoms. The molecule has 1 N–H and O–H groups in total. The van der Waals surface area contributed by atoms with Gasteiger partial charge in [0.25, 0.3) is 10.1 Å². The Kier molecular flexibility index (Phi) is 14.4. The van der Waals surface area contributed by atoms with Crippen molar-refractivity contribution in [3.63, 3.8) is 0 Å². The van der Waals surface area contributed by atoms with Crippen LogP contribution < -0.4 is 4.57 Å². The molecule has 28 heavy (non-hydrogen) atoms. The maximum atomic E-state index is 10.7. The highest BCUT2D eigenvalue weighted by Gasteiger charge is 2.07. The summed E-state index contributed by atoms with van der Waals surface area (Å²) in [5.74, 6) is -0.176. The molecule has 5 nitrogen and oxygen atoms in total. The van der Waals surface area contributed by atoms with E-state index in [1.807, 2.05) is 23.3 Å². The molecule has 0 unspecified atom stereocenters. The number of hydrogen-bond acceptors (Lipinski definition) is 2. The summed E-state index contributed by atoms with van der Waals surface area (Å²) in [5.41, 5.74) is 0. The summed E-state index contributed by atoms with van der Waals surface area (Å²) in [7, 11) is -3.84. The molecule has 0 aromatic carbocycles. The maximum Gasteiger partial charge on any atom is 0.265 e. The summed E-state index contributed by atoms with van der Waals surface area (Å²) in [4.78, 5) is 0. The fourth-order valence-corrected chi connectivity index (χ4v) is 4.12. The molecule has 1 aromatic heterocycles. The highest BCUT2D eigenvalue weighted by Crippen LogP contribution is 2.13. The first-order valence-corrected chi connectivity index (χ1v) is 13.1. The van der Waals surface area contributed by atoms with Crippen molar-refractivity contribution in [1.82, 2.24) is 4.57 Å². The van der Waals surface area contributed by atoms with E-state index in [9.17, 15) is 8.42 Å². The molecular formula is C22H43N2O3S+. The van der Waals surface area contributed by atoms with Gasteiger partial charge in [0, 0.05) is 6.42 Å². The van der Waals surface area contributed by atoms with E-state index < -0.39 is 10.1 Å². The summed E-state index contributed by atoms with van der Waals surface area (Å²) in [6.07, 6.45) is 25.7. The average molecular weight is 416 g/mol. The van der Waals surface area contributed by atoms with Crippen molar-refractivity contribution in [2.45, 2.75) is 116 Å². The van der Waals surface area contributed by atoms with Crippen molar-refractivity contribution in [3.05, 3.63) is 18.7 Å². The van der Waals surface area contributed by atoms with E-state index in [4.69, 9.17) is 4.55 Å². The lowest BCUT2D eigenvalue weighted by atomic mass is 10.0. The molecule has 0 aliphatic rings. The Bertz CT molecular complexity index is 584. The molecule has 6 heteroatoms. The average Bonchev–Trinajstić information content (AvgIpc) is 3.08. The largest absolute Gasteiger partial charge is 0.286 e. The van der Waals surface area contributed by atoms with Crippen molar-refractivity contribution in [1.29, 1.82) is 0 Å². The molecule has 1 rings (SSSR count). The zero-order chi connectivity index (χ0) is 20.5. The van der Waals surface area contributed by atoms with E-state index in [0.717, 1.165) is 6.54 Å². The third-order valence-electron chi connectivity index (χ3n) is 5.33. The van der Waals surface area contributed by atoms with Gasteiger partial charge < -0.3 is 0 Å². The van der Waals surface area contributed by atoms with Crippen molar-refractivity contribution in [2.24, 2.45) is 0 Å². The molecule has 0 fully saturated rings. The van der Waals surface area contributed by atoms with Crippen LogP contribution in [0.2, 0.25) is 0 Å². The Balaban J connectivity index is 1.89. The second-order valence-electron chi connectivity index (χ2n) is 8.13. The first-order valence-electron chi connectivity index (χ1n) is 11.5. The van der Waals surface area contributed by atoms with Crippen LogP contribution in [-0.2, 0) is 23.2 Å².